The number of ketones is 1. The molecule has 2 heteroatoms. The van der Waals surface area contributed by atoms with Crippen LogP contribution in [0.3, 0.4) is 0 Å². The van der Waals surface area contributed by atoms with E-state index < -0.39 is 6.10 Å². The molecule has 0 aromatic heterocycles. The average Bonchev–Trinajstić information content (AvgIpc) is 2.47. The number of Topliss-reactive ketones (excluding diaryl/α,β-unsaturated/α-hetero) is 1. The molecule has 1 unspecified atom stereocenters. The standard InChI is InChI=1S/C17H16O2/c1-2-8-13-9-6-7-12-15(13)17(19)16(18)14-10-4-3-5-11-14/h2-7,9-12,16,18H,1,8H2. The predicted octanol–water partition coefficient (Wildman–Crippen LogP) is 3.33. The van der Waals surface area contributed by atoms with E-state index in [-0.39, 0.29) is 5.78 Å². The highest BCUT2D eigenvalue weighted by atomic mass is 16.3. The number of allylic oxidation sites excluding steroid dienone is 1. The lowest BCUT2D eigenvalue weighted by Gasteiger charge is -2.12. The zero-order valence-electron chi connectivity index (χ0n) is 10.6. The van der Waals surface area contributed by atoms with Gasteiger partial charge in [-0.15, -0.1) is 6.58 Å². The Hall–Kier alpha value is -2.19. The predicted molar refractivity (Wildman–Crippen MR) is 76.1 cm³/mol. The van der Waals surface area contributed by atoms with Gasteiger partial charge in [-0.3, -0.25) is 4.79 Å². The summed E-state index contributed by atoms with van der Waals surface area (Å²) in [4.78, 5) is 12.4. The van der Waals surface area contributed by atoms with E-state index in [1.807, 2.05) is 30.3 Å². The molecule has 0 aliphatic carbocycles. The Kier molecular flexibility index (Phi) is 4.26. The van der Waals surface area contributed by atoms with Crippen molar-refractivity contribution in [3.05, 3.63) is 83.9 Å². The van der Waals surface area contributed by atoms with Gasteiger partial charge < -0.3 is 5.11 Å². The summed E-state index contributed by atoms with van der Waals surface area (Å²) in [6, 6.07) is 16.3. The molecule has 19 heavy (non-hydrogen) atoms. The summed E-state index contributed by atoms with van der Waals surface area (Å²) in [5.74, 6) is -0.274. The number of carbonyl (C=O) groups excluding carboxylic acids is 1. The van der Waals surface area contributed by atoms with E-state index in [9.17, 15) is 9.90 Å². The molecule has 2 rings (SSSR count). The second kappa shape index (κ2) is 6.12. The fourth-order valence-electron chi connectivity index (χ4n) is 2.03. The summed E-state index contributed by atoms with van der Waals surface area (Å²) in [6.07, 6.45) is 1.25. The zero-order valence-corrected chi connectivity index (χ0v) is 10.6. The number of aliphatic hydroxyl groups excluding tert-OH is 1. The molecule has 0 radical (unpaired) electrons. The number of hydrogen-bond donors (Lipinski definition) is 1. The molecule has 2 aromatic carbocycles. The van der Waals surface area contributed by atoms with Crippen LogP contribution in [-0.2, 0) is 6.42 Å². The molecule has 2 aromatic rings. The monoisotopic (exact) mass is 252 g/mol. The van der Waals surface area contributed by atoms with Crippen molar-refractivity contribution >= 4 is 5.78 Å². The van der Waals surface area contributed by atoms with Crippen molar-refractivity contribution in [2.75, 3.05) is 0 Å². The topological polar surface area (TPSA) is 37.3 Å². The fraction of sp³-hybridized carbons (Fsp3) is 0.118. The molecule has 0 saturated carbocycles. The minimum atomic E-state index is -1.12. The first-order chi connectivity index (χ1) is 9.24. The number of benzene rings is 2. The Morgan fingerprint density at radius 1 is 1.11 bits per heavy atom. The minimum Gasteiger partial charge on any atom is -0.380 e. The van der Waals surface area contributed by atoms with Gasteiger partial charge in [0.05, 0.1) is 0 Å². The molecule has 0 aliphatic heterocycles. The van der Waals surface area contributed by atoms with Gasteiger partial charge in [0.1, 0.15) is 6.10 Å². The summed E-state index contributed by atoms with van der Waals surface area (Å²) in [6.45, 7) is 3.69. The molecular formula is C17H16O2. The van der Waals surface area contributed by atoms with Crippen LogP contribution in [0, 0.1) is 0 Å². The molecule has 0 amide bonds. The Bertz CT molecular complexity index is 573. The van der Waals surface area contributed by atoms with E-state index in [4.69, 9.17) is 0 Å². The SMILES string of the molecule is C=CCc1ccccc1C(=O)C(O)c1ccccc1. The fourth-order valence-corrected chi connectivity index (χ4v) is 2.03. The number of hydrogen-bond acceptors (Lipinski definition) is 2. The van der Waals surface area contributed by atoms with Gasteiger partial charge in [-0.2, -0.15) is 0 Å². The maximum atomic E-state index is 12.4. The van der Waals surface area contributed by atoms with Crippen LogP contribution in [-0.4, -0.2) is 10.9 Å². The zero-order chi connectivity index (χ0) is 13.7. The van der Waals surface area contributed by atoms with E-state index in [0.717, 1.165) is 5.56 Å². The van der Waals surface area contributed by atoms with Crippen LogP contribution in [0.15, 0.2) is 67.3 Å². The van der Waals surface area contributed by atoms with Crippen LogP contribution in [0.1, 0.15) is 27.6 Å². The highest BCUT2D eigenvalue weighted by molar-refractivity contribution is 6.01. The Labute approximate surface area is 113 Å². The van der Waals surface area contributed by atoms with Gasteiger partial charge in [0, 0.05) is 5.56 Å². The maximum Gasteiger partial charge on any atom is 0.196 e. The first kappa shape index (κ1) is 13.2. The third-order valence-electron chi connectivity index (χ3n) is 3.01. The van der Waals surface area contributed by atoms with Crippen molar-refractivity contribution in [1.29, 1.82) is 0 Å². The summed E-state index contributed by atoms with van der Waals surface area (Å²) in [5, 5.41) is 10.2. The summed E-state index contributed by atoms with van der Waals surface area (Å²) in [7, 11) is 0. The quantitative estimate of drug-likeness (QED) is 0.654. The van der Waals surface area contributed by atoms with E-state index in [2.05, 4.69) is 6.58 Å². The molecule has 0 heterocycles. The smallest absolute Gasteiger partial charge is 0.196 e. The highest BCUT2D eigenvalue weighted by Gasteiger charge is 2.20. The van der Waals surface area contributed by atoms with Crippen molar-refractivity contribution in [3.63, 3.8) is 0 Å². The van der Waals surface area contributed by atoms with Crippen molar-refractivity contribution in [3.8, 4) is 0 Å². The molecule has 0 saturated heterocycles. The van der Waals surface area contributed by atoms with Crippen LogP contribution in [0.2, 0.25) is 0 Å². The van der Waals surface area contributed by atoms with E-state index in [1.54, 1.807) is 30.3 Å². The van der Waals surface area contributed by atoms with Gasteiger partial charge in [0.15, 0.2) is 5.78 Å². The second-order valence-corrected chi connectivity index (χ2v) is 4.33. The van der Waals surface area contributed by atoms with Crippen LogP contribution >= 0.6 is 0 Å². The molecule has 0 spiro atoms. The van der Waals surface area contributed by atoms with Crippen LogP contribution in [0.4, 0.5) is 0 Å². The van der Waals surface area contributed by atoms with Gasteiger partial charge in [0.2, 0.25) is 0 Å². The summed E-state index contributed by atoms with van der Waals surface area (Å²) >= 11 is 0. The van der Waals surface area contributed by atoms with E-state index in [0.29, 0.717) is 17.5 Å². The van der Waals surface area contributed by atoms with Crippen LogP contribution in [0.25, 0.3) is 0 Å². The number of aliphatic hydroxyl groups is 1. The largest absolute Gasteiger partial charge is 0.380 e. The van der Waals surface area contributed by atoms with Gasteiger partial charge in [-0.05, 0) is 17.5 Å². The van der Waals surface area contributed by atoms with Crippen LogP contribution in [0.5, 0.6) is 0 Å². The molecule has 1 N–H and O–H groups in total. The van der Waals surface area contributed by atoms with Gasteiger partial charge in [-0.1, -0.05) is 60.7 Å². The first-order valence-electron chi connectivity index (χ1n) is 6.20. The van der Waals surface area contributed by atoms with Gasteiger partial charge >= 0.3 is 0 Å². The third-order valence-corrected chi connectivity index (χ3v) is 3.01. The van der Waals surface area contributed by atoms with Crippen molar-refractivity contribution in [2.45, 2.75) is 12.5 Å². The Morgan fingerprint density at radius 3 is 2.42 bits per heavy atom. The lowest BCUT2D eigenvalue weighted by atomic mass is 9.95. The Balaban J connectivity index is 2.32. The Morgan fingerprint density at radius 2 is 1.74 bits per heavy atom. The lowest BCUT2D eigenvalue weighted by Crippen LogP contribution is -2.14. The third kappa shape index (κ3) is 2.98. The summed E-state index contributed by atoms with van der Waals surface area (Å²) in [5.41, 5.74) is 2.05. The summed E-state index contributed by atoms with van der Waals surface area (Å²) < 4.78 is 0. The first-order valence-corrected chi connectivity index (χ1v) is 6.20. The molecule has 2 nitrogen and oxygen atoms in total. The molecule has 0 aliphatic rings. The molecule has 1 atom stereocenters. The van der Waals surface area contributed by atoms with E-state index in [1.165, 1.54) is 0 Å². The van der Waals surface area contributed by atoms with Crippen molar-refractivity contribution in [2.24, 2.45) is 0 Å². The van der Waals surface area contributed by atoms with Crippen LogP contribution < -0.4 is 0 Å². The molecule has 96 valence electrons. The van der Waals surface area contributed by atoms with Crippen molar-refractivity contribution in [1.82, 2.24) is 0 Å². The van der Waals surface area contributed by atoms with Gasteiger partial charge in [0.25, 0.3) is 0 Å². The van der Waals surface area contributed by atoms with E-state index >= 15 is 0 Å². The molecule has 0 fully saturated rings. The highest BCUT2D eigenvalue weighted by Crippen LogP contribution is 2.21. The number of carbonyl (C=O) groups is 1. The maximum absolute atomic E-state index is 12.4. The number of rotatable bonds is 5. The van der Waals surface area contributed by atoms with Crippen molar-refractivity contribution < 1.29 is 9.90 Å². The lowest BCUT2D eigenvalue weighted by molar-refractivity contribution is 0.0746. The molecule has 0 bridgehead atoms. The van der Waals surface area contributed by atoms with Gasteiger partial charge in [-0.25, -0.2) is 0 Å². The molecular weight excluding hydrogens is 236 g/mol. The second-order valence-electron chi connectivity index (χ2n) is 4.33. The minimum absolute atomic E-state index is 0.274. The normalized spacial score (nSPS) is 11.8. The average molecular weight is 252 g/mol.